The monoisotopic (exact) mass is 422 g/mol. The number of benzene rings is 1. The van der Waals surface area contributed by atoms with E-state index in [0.717, 1.165) is 33.1 Å². The normalized spacial score (nSPS) is 23.7. The molecule has 1 aliphatic rings. The van der Waals surface area contributed by atoms with Gasteiger partial charge in [0.2, 0.25) is 5.91 Å². The van der Waals surface area contributed by atoms with Gasteiger partial charge in [0.25, 0.3) is 0 Å². The number of amides is 1. The molecule has 1 amide bonds. The fourth-order valence-corrected chi connectivity index (χ4v) is 2.82. The van der Waals surface area contributed by atoms with Crippen LogP contribution in [0.5, 0.6) is 0 Å². The van der Waals surface area contributed by atoms with Crippen molar-refractivity contribution >= 4 is 50.1 Å². The first kappa shape index (κ1) is 14.3. The molecule has 98 valence electrons. The number of carbonyl (C=O) groups excluding carboxylic acids is 1. The van der Waals surface area contributed by atoms with Gasteiger partial charge in [-0.15, -0.1) is 0 Å². The smallest absolute Gasteiger partial charge is 0.241 e. The van der Waals surface area contributed by atoms with Crippen LogP contribution in [0.2, 0.25) is 0 Å². The van der Waals surface area contributed by atoms with Gasteiger partial charge in [-0.25, -0.2) is 0 Å². The quantitative estimate of drug-likeness (QED) is 0.717. The predicted molar refractivity (Wildman–Crippen MR) is 85.7 cm³/mol. The number of halogens is 2. The van der Waals surface area contributed by atoms with Crippen molar-refractivity contribution in [3.8, 4) is 0 Å². The molecule has 1 aliphatic heterocycles. The average Bonchev–Trinajstić information content (AvgIpc) is 2.34. The summed E-state index contributed by atoms with van der Waals surface area (Å²) in [5, 5.41) is 6.24. The topological polar surface area (TPSA) is 41.1 Å². The zero-order valence-electron chi connectivity index (χ0n) is 10.2. The van der Waals surface area contributed by atoms with Crippen molar-refractivity contribution in [3.63, 3.8) is 0 Å². The molecule has 0 spiro atoms. The van der Waals surface area contributed by atoms with Crippen LogP contribution in [0, 0.1) is 9.49 Å². The van der Waals surface area contributed by atoms with Crippen molar-refractivity contribution in [1.82, 2.24) is 5.32 Å². The minimum absolute atomic E-state index is 0.0631. The standard InChI is InChI=1S/C13H16BrIN2O/c1-8-4-5-16-12(6-8)13(18)17-9-2-3-11(15)10(14)7-9/h2-3,7-8,12,16H,4-6H2,1H3,(H,17,18). The number of anilines is 1. The van der Waals surface area contributed by atoms with E-state index in [1.807, 2.05) is 18.2 Å². The summed E-state index contributed by atoms with van der Waals surface area (Å²) < 4.78 is 2.14. The predicted octanol–water partition coefficient (Wildman–Crippen LogP) is 3.38. The number of nitrogens with one attached hydrogen (secondary N) is 2. The third kappa shape index (κ3) is 3.68. The van der Waals surface area contributed by atoms with E-state index >= 15 is 0 Å². The Bertz CT molecular complexity index is 453. The van der Waals surface area contributed by atoms with E-state index in [1.54, 1.807) is 0 Å². The summed E-state index contributed by atoms with van der Waals surface area (Å²) in [5.74, 6) is 0.681. The van der Waals surface area contributed by atoms with Crippen LogP contribution >= 0.6 is 38.5 Å². The lowest BCUT2D eigenvalue weighted by Crippen LogP contribution is -2.45. The van der Waals surface area contributed by atoms with Crippen LogP contribution in [-0.4, -0.2) is 18.5 Å². The van der Waals surface area contributed by atoms with Crippen molar-refractivity contribution in [2.45, 2.75) is 25.8 Å². The Hall–Kier alpha value is -0.140. The molecule has 2 unspecified atom stereocenters. The zero-order valence-corrected chi connectivity index (χ0v) is 13.9. The molecule has 2 rings (SSSR count). The lowest BCUT2D eigenvalue weighted by Gasteiger charge is -2.27. The van der Waals surface area contributed by atoms with Crippen LogP contribution in [0.25, 0.3) is 0 Å². The maximum Gasteiger partial charge on any atom is 0.241 e. The Labute approximate surface area is 129 Å². The molecule has 1 aromatic rings. The highest BCUT2D eigenvalue weighted by Gasteiger charge is 2.24. The second kappa shape index (κ2) is 6.34. The van der Waals surface area contributed by atoms with Crippen LogP contribution in [0.3, 0.4) is 0 Å². The summed E-state index contributed by atoms with van der Waals surface area (Å²) in [6.07, 6.45) is 2.07. The van der Waals surface area contributed by atoms with Gasteiger partial charge in [0.15, 0.2) is 0 Å². The molecule has 5 heteroatoms. The SMILES string of the molecule is CC1CCNC(C(=O)Nc2ccc(I)c(Br)c2)C1. The second-order valence-corrected chi connectivity index (χ2v) is 6.77. The van der Waals surface area contributed by atoms with Gasteiger partial charge in [-0.3, -0.25) is 4.79 Å². The van der Waals surface area contributed by atoms with Crippen molar-refractivity contribution in [3.05, 3.63) is 26.2 Å². The summed E-state index contributed by atoms with van der Waals surface area (Å²) in [6.45, 7) is 3.12. The average molecular weight is 423 g/mol. The summed E-state index contributed by atoms with van der Waals surface area (Å²) >= 11 is 5.72. The summed E-state index contributed by atoms with van der Waals surface area (Å²) in [7, 11) is 0. The molecular formula is C13H16BrIN2O. The van der Waals surface area contributed by atoms with Crippen LogP contribution < -0.4 is 10.6 Å². The lowest BCUT2D eigenvalue weighted by atomic mass is 9.94. The van der Waals surface area contributed by atoms with Crippen LogP contribution in [0.15, 0.2) is 22.7 Å². The minimum atomic E-state index is -0.0631. The van der Waals surface area contributed by atoms with E-state index in [9.17, 15) is 4.79 Å². The van der Waals surface area contributed by atoms with Crippen molar-refractivity contribution in [1.29, 1.82) is 0 Å². The number of hydrogen-bond donors (Lipinski definition) is 2. The molecule has 2 N–H and O–H groups in total. The van der Waals surface area contributed by atoms with Crippen molar-refractivity contribution in [2.75, 3.05) is 11.9 Å². The van der Waals surface area contributed by atoms with E-state index < -0.39 is 0 Å². The van der Waals surface area contributed by atoms with Crippen LogP contribution in [0.1, 0.15) is 19.8 Å². The largest absolute Gasteiger partial charge is 0.325 e. The van der Waals surface area contributed by atoms with Gasteiger partial charge in [0.1, 0.15) is 0 Å². The molecule has 0 aromatic heterocycles. The summed E-state index contributed by atoms with van der Waals surface area (Å²) in [6, 6.07) is 5.78. The van der Waals surface area contributed by atoms with E-state index in [0.29, 0.717) is 5.92 Å². The zero-order chi connectivity index (χ0) is 13.1. The van der Waals surface area contributed by atoms with Gasteiger partial charge < -0.3 is 10.6 Å². The van der Waals surface area contributed by atoms with Gasteiger partial charge in [0, 0.05) is 13.7 Å². The van der Waals surface area contributed by atoms with E-state index in [2.05, 4.69) is 56.1 Å². The Morgan fingerprint density at radius 3 is 3.00 bits per heavy atom. The lowest BCUT2D eigenvalue weighted by molar-refractivity contribution is -0.119. The van der Waals surface area contributed by atoms with Crippen molar-refractivity contribution < 1.29 is 4.79 Å². The Morgan fingerprint density at radius 2 is 2.33 bits per heavy atom. The molecule has 0 saturated carbocycles. The van der Waals surface area contributed by atoms with E-state index in [1.165, 1.54) is 0 Å². The molecule has 1 heterocycles. The maximum atomic E-state index is 12.1. The van der Waals surface area contributed by atoms with Gasteiger partial charge in [-0.1, -0.05) is 6.92 Å². The van der Waals surface area contributed by atoms with E-state index in [-0.39, 0.29) is 11.9 Å². The molecule has 18 heavy (non-hydrogen) atoms. The molecule has 0 bridgehead atoms. The van der Waals surface area contributed by atoms with Crippen LogP contribution in [-0.2, 0) is 4.79 Å². The first-order valence-corrected chi connectivity index (χ1v) is 7.92. The minimum Gasteiger partial charge on any atom is -0.325 e. The molecule has 0 radical (unpaired) electrons. The van der Waals surface area contributed by atoms with Crippen LogP contribution in [0.4, 0.5) is 5.69 Å². The number of carbonyl (C=O) groups is 1. The second-order valence-electron chi connectivity index (χ2n) is 4.75. The highest BCUT2D eigenvalue weighted by Crippen LogP contribution is 2.23. The highest BCUT2D eigenvalue weighted by molar-refractivity contribution is 14.1. The molecule has 3 nitrogen and oxygen atoms in total. The molecule has 1 saturated heterocycles. The van der Waals surface area contributed by atoms with Gasteiger partial charge in [-0.2, -0.15) is 0 Å². The fourth-order valence-electron chi connectivity index (χ4n) is 2.11. The fraction of sp³-hybridized carbons (Fsp3) is 0.462. The van der Waals surface area contributed by atoms with Gasteiger partial charge in [0.05, 0.1) is 6.04 Å². The Balaban J connectivity index is 2.00. The molecule has 2 atom stereocenters. The van der Waals surface area contributed by atoms with Gasteiger partial charge >= 0.3 is 0 Å². The molecular weight excluding hydrogens is 407 g/mol. The molecule has 0 aliphatic carbocycles. The number of rotatable bonds is 2. The van der Waals surface area contributed by atoms with Gasteiger partial charge in [-0.05, 0) is 82.0 Å². The summed E-state index contributed by atoms with van der Waals surface area (Å²) in [5.41, 5.74) is 0.840. The first-order chi connectivity index (χ1) is 8.56. The Kier molecular flexibility index (Phi) is 5.03. The summed E-state index contributed by atoms with van der Waals surface area (Å²) in [4.78, 5) is 12.1. The molecule has 1 fully saturated rings. The maximum absolute atomic E-state index is 12.1. The van der Waals surface area contributed by atoms with E-state index in [4.69, 9.17) is 0 Å². The Morgan fingerprint density at radius 1 is 1.56 bits per heavy atom. The number of piperidine rings is 1. The molecule has 1 aromatic carbocycles. The number of hydrogen-bond acceptors (Lipinski definition) is 2. The third-order valence-corrected chi connectivity index (χ3v) is 5.51. The first-order valence-electron chi connectivity index (χ1n) is 6.05. The highest BCUT2D eigenvalue weighted by atomic mass is 127. The third-order valence-electron chi connectivity index (χ3n) is 3.17. The van der Waals surface area contributed by atoms with Crippen molar-refractivity contribution in [2.24, 2.45) is 5.92 Å².